The van der Waals surface area contributed by atoms with E-state index in [4.69, 9.17) is 0 Å². The van der Waals surface area contributed by atoms with Gasteiger partial charge in [0.25, 0.3) is 0 Å². The van der Waals surface area contributed by atoms with Crippen molar-refractivity contribution in [3.8, 4) is 0 Å². The van der Waals surface area contributed by atoms with E-state index < -0.39 is 0 Å². The molecule has 0 bridgehead atoms. The maximum Gasteiger partial charge on any atom is 0.142 e. The summed E-state index contributed by atoms with van der Waals surface area (Å²) in [5, 5.41) is 3.59. The van der Waals surface area contributed by atoms with Gasteiger partial charge in [-0.05, 0) is 33.1 Å². The lowest BCUT2D eigenvalue weighted by Crippen LogP contribution is -2.38. The van der Waals surface area contributed by atoms with Gasteiger partial charge in [0.05, 0.1) is 5.25 Å². The third-order valence-electron chi connectivity index (χ3n) is 2.54. The minimum Gasteiger partial charge on any atom is -0.313 e. The molecule has 0 radical (unpaired) electrons. The largest absolute Gasteiger partial charge is 0.313 e. The SMILES string of the molecule is CC(=O)[C@H](CC(C)C)SC(C)(C)CNC(C)C. The molecule has 0 heterocycles. The normalized spacial score (nSPS) is 14.4. The van der Waals surface area contributed by atoms with Crippen LogP contribution in [0.5, 0.6) is 0 Å². The first kappa shape index (κ1) is 17.0. The van der Waals surface area contributed by atoms with E-state index in [1.807, 2.05) is 11.8 Å². The summed E-state index contributed by atoms with van der Waals surface area (Å²) in [6.45, 7) is 15.7. The number of ketones is 1. The van der Waals surface area contributed by atoms with Gasteiger partial charge in [-0.25, -0.2) is 0 Å². The minimum atomic E-state index is 0.107. The van der Waals surface area contributed by atoms with Crippen LogP contribution in [0.4, 0.5) is 0 Å². The fourth-order valence-corrected chi connectivity index (χ4v) is 3.19. The number of thioether (sulfide) groups is 1. The second-order valence-electron chi connectivity index (χ2n) is 6.14. The van der Waals surface area contributed by atoms with Crippen LogP contribution in [0.25, 0.3) is 0 Å². The van der Waals surface area contributed by atoms with Crippen molar-refractivity contribution in [1.29, 1.82) is 0 Å². The van der Waals surface area contributed by atoms with E-state index in [1.165, 1.54) is 0 Å². The molecule has 1 N–H and O–H groups in total. The molecule has 0 fully saturated rings. The van der Waals surface area contributed by atoms with Gasteiger partial charge < -0.3 is 5.32 Å². The fraction of sp³-hybridized carbons (Fsp3) is 0.929. The number of carbonyl (C=O) groups excluding carboxylic acids is 1. The Morgan fingerprint density at radius 3 is 2.12 bits per heavy atom. The van der Waals surface area contributed by atoms with Gasteiger partial charge >= 0.3 is 0 Å². The van der Waals surface area contributed by atoms with Crippen molar-refractivity contribution in [2.75, 3.05) is 6.54 Å². The van der Waals surface area contributed by atoms with E-state index in [-0.39, 0.29) is 10.00 Å². The lowest BCUT2D eigenvalue weighted by Gasteiger charge is -2.30. The van der Waals surface area contributed by atoms with Crippen LogP contribution >= 0.6 is 11.8 Å². The molecule has 0 saturated carbocycles. The predicted molar refractivity (Wildman–Crippen MR) is 78.7 cm³/mol. The van der Waals surface area contributed by atoms with Crippen LogP contribution in [0.1, 0.15) is 54.9 Å². The quantitative estimate of drug-likeness (QED) is 0.723. The first-order valence-corrected chi connectivity index (χ1v) is 7.43. The van der Waals surface area contributed by atoms with E-state index in [2.05, 4.69) is 46.9 Å². The zero-order valence-electron chi connectivity index (χ0n) is 12.5. The molecule has 17 heavy (non-hydrogen) atoms. The smallest absolute Gasteiger partial charge is 0.142 e. The van der Waals surface area contributed by atoms with Gasteiger partial charge in [-0.1, -0.05) is 27.7 Å². The van der Waals surface area contributed by atoms with Crippen LogP contribution < -0.4 is 5.32 Å². The Labute approximate surface area is 111 Å². The van der Waals surface area contributed by atoms with E-state index in [9.17, 15) is 4.79 Å². The van der Waals surface area contributed by atoms with Crippen molar-refractivity contribution < 1.29 is 4.79 Å². The number of rotatable bonds is 8. The summed E-state index contributed by atoms with van der Waals surface area (Å²) in [6, 6.07) is 0.496. The highest BCUT2D eigenvalue weighted by molar-refractivity contribution is 8.01. The van der Waals surface area contributed by atoms with Crippen molar-refractivity contribution >= 4 is 17.5 Å². The van der Waals surface area contributed by atoms with Gasteiger partial charge in [0.1, 0.15) is 5.78 Å². The number of carbonyl (C=O) groups is 1. The summed E-state index contributed by atoms with van der Waals surface area (Å²) in [5.41, 5.74) is 0. The Hall–Kier alpha value is -0.0200. The number of hydrogen-bond acceptors (Lipinski definition) is 3. The van der Waals surface area contributed by atoms with Crippen molar-refractivity contribution in [2.24, 2.45) is 5.92 Å². The summed E-state index contributed by atoms with van der Waals surface area (Å²) in [6.07, 6.45) is 0.977. The molecule has 0 rings (SSSR count). The zero-order valence-corrected chi connectivity index (χ0v) is 13.3. The van der Waals surface area contributed by atoms with E-state index in [1.54, 1.807) is 6.92 Å². The highest BCUT2D eigenvalue weighted by atomic mass is 32.2. The summed E-state index contributed by atoms with van der Waals surface area (Å²) in [4.78, 5) is 11.7. The van der Waals surface area contributed by atoms with Gasteiger partial charge in [-0.15, -0.1) is 11.8 Å². The van der Waals surface area contributed by atoms with Gasteiger partial charge in [-0.2, -0.15) is 0 Å². The standard InChI is InChI=1S/C14H29NOS/c1-10(2)8-13(12(5)16)17-14(6,7)9-15-11(3)4/h10-11,13,15H,8-9H2,1-7H3/t13-/m0/s1. The topological polar surface area (TPSA) is 29.1 Å². The molecular weight excluding hydrogens is 230 g/mol. The molecule has 0 unspecified atom stereocenters. The molecule has 0 aromatic carbocycles. The number of nitrogens with one attached hydrogen (secondary N) is 1. The van der Waals surface area contributed by atoms with Crippen LogP contribution in [-0.4, -0.2) is 28.4 Å². The Morgan fingerprint density at radius 1 is 1.24 bits per heavy atom. The van der Waals surface area contributed by atoms with Crippen molar-refractivity contribution in [2.45, 2.75) is 70.9 Å². The van der Waals surface area contributed by atoms with Crippen LogP contribution in [-0.2, 0) is 4.79 Å². The first-order chi connectivity index (χ1) is 7.64. The van der Waals surface area contributed by atoms with Gasteiger partial charge in [0, 0.05) is 17.3 Å². The van der Waals surface area contributed by atoms with Crippen molar-refractivity contribution in [3.63, 3.8) is 0 Å². The Balaban J connectivity index is 4.36. The fourth-order valence-electron chi connectivity index (χ4n) is 1.60. The molecule has 0 aliphatic heterocycles. The molecule has 0 aliphatic rings. The van der Waals surface area contributed by atoms with Crippen molar-refractivity contribution in [3.05, 3.63) is 0 Å². The Kier molecular flexibility index (Phi) is 7.41. The van der Waals surface area contributed by atoms with Gasteiger partial charge in [0.2, 0.25) is 0 Å². The molecule has 2 nitrogen and oxygen atoms in total. The van der Waals surface area contributed by atoms with Crippen LogP contribution in [0.15, 0.2) is 0 Å². The Bertz CT molecular complexity index is 236. The summed E-state index contributed by atoms with van der Waals surface area (Å²) in [7, 11) is 0. The monoisotopic (exact) mass is 259 g/mol. The molecule has 0 aromatic rings. The van der Waals surface area contributed by atoms with Crippen LogP contribution in [0.3, 0.4) is 0 Å². The van der Waals surface area contributed by atoms with E-state index in [0.29, 0.717) is 17.7 Å². The number of hydrogen-bond donors (Lipinski definition) is 1. The molecular formula is C14H29NOS. The Morgan fingerprint density at radius 2 is 1.76 bits per heavy atom. The highest BCUT2D eigenvalue weighted by Crippen LogP contribution is 2.32. The summed E-state index contributed by atoms with van der Waals surface area (Å²) in [5.74, 6) is 0.881. The van der Waals surface area contributed by atoms with Crippen LogP contribution in [0, 0.1) is 5.92 Å². The second kappa shape index (κ2) is 7.42. The van der Waals surface area contributed by atoms with Crippen molar-refractivity contribution in [1.82, 2.24) is 5.32 Å². The average Bonchev–Trinajstić information content (AvgIpc) is 2.12. The van der Waals surface area contributed by atoms with Gasteiger partial charge in [-0.3, -0.25) is 4.79 Å². The molecule has 0 saturated heterocycles. The third-order valence-corrected chi connectivity index (χ3v) is 4.13. The molecule has 1 atom stereocenters. The van der Waals surface area contributed by atoms with E-state index in [0.717, 1.165) is 13.0 Å². The first-order valence-electron chi connectivity index (χ1n) is 6.55. The average molecular weight is 259 g/mol. The molecule has 0 spiro atoms. The molecule has 0 aromatic heterocycles. The second-order valence-corrected chi connectivity index (χ2v) is 8.05. The maximum atomic E-state index is 11.7. The molecule has 0 aliphatic carbocycles. The maximum absolute atomic E-state index is 11.7. The lowest BCUT2D eigenvalue weighted by atomic mass is 10.1. The number of Topliss-reactive ketones (excluding diaryl/α,β-unsaturated/α-hetero) is 1. The van der Waals surface area contributed by atoms with Gasteiger partial charge in [0.15, 0.2) is 0 Å². The predicted octanol–water partition coefficient (Wildman–Crippen LogP) is 3.50. The highest BCUT2D eigenvalue weighted by Gasteiger charge is 2.27. The minimum absolute atomic E-state index is 0.107. The van der Waals surface area contributed by atoms with E-state index >= 15 is 0 Å². The molecule has 0 amide bonds. The van der Waals surface area contributed by atoms with Crippen LogP contribution in [0.2, 0.25) is 0 Å². The lowest BCUT2D eigenvalue weighted by molar-refractivity contribution is -0.116. The third kappa shape index (κ3) is 8.67. The zero-order chi connectivity index (χ0) is 13.6. The molecule has 102 valence electrons. The molecule has 3 heteroatoms. The summed E-state index contributed by atoms with van der Waals surface area (Å²) >= 11 is 1.81. The summed E-state index contributed by atoms with van der Waals surface area (Å²) < 4.78 is 0.107.